The molecule has 0 aliphatic heterocycles. The van der Waals surface area contributed by atoms with Gasteiger partial charge in [-0.15, -0.1) is 0 Å². The number of nitro benzene ring substituents is 1. The van der Waals surface area contributed by atoms with E-state index in [9.17, 15) is 14.9 Å². The van der Waals surface area contributed by atoms with Gasteiger partial charge in [-0.2, -0.15) is 0 Å². The number of carbonyl (C=O) groups is 1. The molecule has 1 N–H and O–H groups in total. The summed E-state index contributed by atoms with van der Waals surface area (Å²) < 4.78 is 0. The fraction of sp³-hybridized carbons (Fsp3) is 0.364. The Morgan fingerprint density at radius 1 is 1.41 bits per heavy atom. The van der Waals surface area contributed by atoms with Gasteiger partial charge in [-0.1, -0.05) is 11.6 Å². The van der Waals surface area contributed by atoms with Crippen molar-refractivity contribution in [1.29, 1.82) is 0 Å². The van der Waals surface area contributed by atoms with E-state index in [0.29, 0.717) is 0 Å². The summed E-state index contributed by atoms with van der Waals surface area (Å²) in [5.74, 6) is -0.364. The van der Waals surface area contributed by atoms with E-state index in [4.69, 9.17) is 11.6 Å². The van der Waals surface area contributed by atoms with E-state index in [1.807, 2.05) is 20.8 Å². The molecule has 5 nitrogen and oxygen atoms in total. The topological polar surface area (TPSA) is 72.2 Å². The van der Waals surface area contributed by atoms with Crippen LogP contribution in [0.15, 0.2) is 18.2 Å². The molecule has 0 aliphatic carbocycles. The van der Waals surface area contributed by atoms with Crippen LogP contribution in [0.3, 0.4) is 0 Å². The zero-order valence-corrected chi connectivity index (χ0v) is 10.5. The van der Waals surface area contributed by atoms with Crippen molar-refractivity contribution >= 4 is 23.2 Å². The molecule has 0 atom stereocenters. The Hall–Kier alpha value is -1.62. The maximum Gasteiger partial charge on any atom is 0.288 e. The third-order valence-corrected chi connectivity index (χ3v) is 2.21. The van der Waals surface area contributed by atoms with Crippen molar-refractivity contribution in [1.82, 2.24) is 5.32 Å². The molecule has 92 valence electrons. The Balaban J connectivity index is 3.04. The molecule has 0 aromatic heterocycles. The number of carbonyl (C=O) groups excluding carboxylic acids is 1. The highest BCUT2D eigenvalue weighted by Gasteiger charge is 2.19. The molecular weight excluding hydrogens is 244 g/mol. The summed E-state index contributed by atoms with van der Waals surface area (Å²) in [6, 6.07) is 3.97. The van der Waals surface area contributed by atoms with E-state index in [-0.39, 0.29) is 22.2 Å². The summed E-state index contributed by atoms with van der Waals surface area (Å²) in [6.45, 7) is 5.49. The monoisotopic (exact) mass is 256 g/mol. The molecule has 6 heteroatoms. The van der Waals surface area contributed by atoms with E-state index in [1.165, 1.54) is 18.2 Å². The summed E-state index contributed by atoms with van der Waals surface area (Å²) in [6.07, 6.45) is 0. The number of amides is 1. The minimum absolute atomic E-state index is 0.0160. The lowest BCUT2D eigenvalue weighted by Crippen LogP contribution is -2.40. The van der Waals surface area contributed by atoms with E-state index < -0.39 is 10.5 Å². The summed E-state index contributed by atoms with van der Waals surface area (Å²) in [5, 5.41) is 13.4. The first-order chi connectivity index (χ1) is 7.70. The molecule has 1 amide bonds. The number of rotatable bonds is 2. The summed E-state index contributed by atoms with van der Waals surface area (Å²) in [7, 11) is 0. The standard InChI is InChI=1S/C11H13ClN2O3/c1-11(2,3)13-10(15)7-4-5-8(12)9(6-7)14(16)17/h4-6H,1-3H3,(H,13,15). The first kappa shape index (κ1) is 13.4. The van der Waals surface area contributed by atoms with Crippen LogP contribution in [0.5, 0.6) is 0 Å². The second kappa shape index (κ2) is 4.71. The molecule has 0 heterocycles. The smallest absolute Gasteiger partial charge is 0.288 e. The highest BCUT2D eigenvalue weighted by molar-refractivity contribution is 6.32. The van der Waals surface area contributed by atoms with E-state index in [0.717, 1.165) is 0 Å². The lowest BCUT2D eigenvalue weighted by molar-refractivity contribution is -0.384. The van der Waals surface area contributed by atoms with Gasteiger partial charge in [0.2, 0.25) is 0 Å². The molecule has 0 fully saturated rings. The van der Waals surface area contributed by atoms with Crippen LogP contribution in [0.2, 0.25) is 5.02 Å². The van der Waals surface area contributed by atoms with Crippen LogP contribution < -0.4 is 5.32 Å². The van der Waals surface area contributed by atoms with Crippen LogP contribution in [0.4, 0.5) is 5.69 Å². The molecule has 0 bridgehead atoms. The van der Waals surface area contributed by atoms with E-state index in [2.05, 4.69) is 5.32 Å². The van der Waals surface area contributed by atoms with Gasteiger partial charge in [0.25, 0.3) is 11.6 Å². The van der Waals surface area contributed by atoms with E-state index >= 15 is 0 Å². The van der Waals surface area contributed by atoms with Gasteiger partial charge in [0.05, 0.1) is 4.92 Å². The molecule has 17 heavy (non-hydrogen) atoms. The Morgan fingerprint density at radius 2 is 2.00 bits per heavy atom. The summed E-state index contributed by atoms with van der Waals surface area (Å²) >= 11 is 5.66. The van der Waals surface area contributed by atoms with Crippen LogP contribution in [0.1, 0.15) is 31.1 Å². The first-order valence-electron chi connectivity index (χ1n) is 4.97. The number of nitrogens with zero attached hydrogens (tertiary/aromatic N) is 1. The number of hydrogen-bond acceptors (Lipinski definition) is 3. The summed E-state index contributed by atoms with van der Waals surface area (Å²) in [4.78, 5) is 21.8. The van der Waals surface area contributed by atoms with Gasteiger partial charge in [-0.05, 0) is 32.9 Å². The van der Waals surface area contributed by atoms with Crippen LogP contribution in [-0.2, 0) is 0 Å². The maximum atomic E-state index is 11.8. The second-order valence-electron chi connectivity index (χ2n) is 4.63. The zero-order chi connectivity index (χ0) is 13.2. The highest BCUT2D eigenvalue weighted by Crippen LogP contribution is 2.25. The van der Waals surface area contributed by atoms with Gasteiger partial charge in [-0.25, -0.2) is 0 Å². The molecule has 0 spiro atoms. The number of benzene rings is 1. The lowest BCUT2D eigenvalue weighted by Gasteiger charge is -2.20. The third-order valence-electron chi connectivity index (χ3n) is 1.89. The molecule has 1 rings (SSSR count). The zero-order valence-electron chi connectivity index (χ0n) is 9.78. The summed E-state index contributed by atoms with van der Waals surface area (Å²) in [5.41, 5.74) is -0.449. The maximum absolute atomic E-state index is 11.8. The minimum atomic E-state index is -0.615. The van der Waals surface area contributed by atoms with Gasteiger partial charge in [0.15, 0.2) is 0 Å². The van der Waals surface area contributed by atoms with Crippen LogP contribution >= 0.6 is 11.6 Å². The third kappa shape index (κ3) is 3.71. The molecule has 0 radical (unpaired) electrons. The number of hydrogen-bond donors (Lipinski definition) is 1. The number of halogens is 1. The average Bonchev–Trinajstić information content (AvgIpc) is 2.14. The Kier molecular flexibility index (Phi) is 3.72. The molecule has 0 saturated carbocycles. The van der Waals surface area contributed by atoms with Crippen molar-refractivity contribution in [2.75, 3.05) is 0 Å². The van der Waals surface area contributed by atoms with Crippen molar-refractivity contribution in [3.63, 3.8) is 0 Å². The van der Waals surface area contributed by atoms with Gasteiger partial charge >= 0.3 is 0 Å². The van der Waals surface area contributed by atoms with Crippen LogP contribution in [0, 0.1) is 10.1 Å². The average molecular weight is 257 g/mol. The van der Waals surface area contributed by atoms with Gasteiger partial charge < -0.3 is 5.32 Å². The number of nitrogens with one attached hydrogen (secondary N) is 1. The predicted molar refractivity (Wildman–Crippen MR) is 65.3 cm³/mol. The Bertz CT molecular complexity index is 466. The van der Waals surface area contributed by atoms with Crippen molar-refractivity contribution in [3.05, 3.63) is 38.9 Å². The molecule has 1 aromatic carbocycles. The predicted octanol–water partition coefficient (Wildman–Crippen LogP) is 2.78. The van der Waals surface area contributed by atoms with Crippen molar-refractivity contribution in [2.45, 2.75) is 26.3 Å². The van der Waals surface area contributed by atoms with Gasteiger partial charge in [0.1, 0.15) is 5.02 Å². The fourth-order valence-electron chi connectivity index (χ4n) is 1.21. The molecule has 1 aromatic rings. The second-order valence-corrected chi connectivity index (χ2v) is 5.03. The largest absolute Gasteiger partial charge is 0.347 e. The fourth-order valence-corrected chi connectivity index (χ4v) is 1.39. The normalized spacial score (nSPS) is 11.1. The number of nitro groups is 1. The highest BCUT2D eigenvalue weighted by atomic mass is 35.5. The van der Waals surface area contributed by atoms with Crippen LogP contribution in [0.25, 0.3) is 0 Å². The molecule has 0 saturated heterocycles. The van der Waals surface area contributed by atoms with Crippen LogP contribution in [-0.4, -0.2) is 16.4 Å². The van der Waals surface area contributed by atoms with Crippen molar-refractivity contribution in [2.24, 2.45) is 0 Å². The molecular formula is C11H13ClN2O3. The first-order valence-corrected chi connectivity index (χ1v) is 5.35. The Morgan fingerprint density at radius 3 is 2.47 bits per heavy atom. The molecule has 0 unspecified atom stereocenters. The van der Waals surface area contributed by atoms with Gasteiger partial charge in [0, 0.05) is 17.2 Å². The van der Waals surface area contributed by atoms with Crippen molar-refractivity contribution < 1.29 is 9.72 Å². The molecule has 0 aliphatic rings. The quantitative estimate of drug-likeness (QED) is 0.653. The SMILES string of the molecule is CC(C)(C)NC(=O)c1ccc(Cl)c([N+](=O)[O-])c1. The minimum Gasteiger partial charge on any atom is -0.347 e. The van der Waals surface area contributed by atoms with Gasteiger partial charge in [-0.3, -0.25) is 14.9 Å². The lowest BCUT2D eigenvalue weighted by atomic mass is 10.1. The van der Waals surface area contributed by atoms with Crippen molar-refractivity contribution in [3.8, 4) is 0 Å². The van der Waals surface area contributed by atoms with E-state index in [1.54, 1.807) is 0 Å². The Labute approximate surface area is 104 Å².